The van der Waals surface area contributed by atoms with Crippen LogP contribution in [0.25, 0.3) is 0 Å². The number of aldehydes is 1. The van der Waals surface area contributed by atoms with Gasteiger partial charge in [-0.25, -0.2) is 17.7 Å². The first kappa shape index (κ1) is 23.8. The highest BCUT2D eigenvalue weighted by Gasteiger charge is 2.32. The molecule has 0 aliphatic carbocycles. The third-order valence-electron chi connectivity index (χ3n) is 4.48. The van der Waals surface area contributed by atoms with Gasteiger partial charge in [0.05, 0.1) is 11.8 Å². The highest BCUT2D eigenvalue weighted by atomic mass is 32.2. The first-order chi connectivity index (χ1) is 15.6. The molecule has 1 aliphatic rings. The Labute approximate surface area is 189 Å². The van der Waals surface area contributed by atoms with E-state index in [0.717, 1.165) is 13.2 Å². The predicted octanol–water partition coefficient (Wildman–Crippen LogP) is 2.31. The number of carbonyl (C=O) groups is 4. The number of amides is 2. The lowest BCUT2D eigenvalue weighted by molar-refractivity contribution is -0.119. The van der Waals surface area contributed by atoms with Crippen molar-refractivity contribution in [1.82, 2.24) is 0 Å². The van der Waals surface area contributed by atoms with Crippen LogP contribution in [0.3, 0.4) is 0 Å². The van der Waals surface area contributed by atoms with Crippen molar-refractivity contribution in [3.63, 3.8) is 0 Å². The number of benzene rings is 2. The molecule has 0 radical (unpaired) electrons. The van der Waals surface area contributed by atoms with Crippen LogP contribution in [0.1, 0.15) is 30.1 Å². The van der Waals surface area contributed by atoms with Crippen LogP contribution in [0, 0.1) is 0 Å². The molecule has 33 heavy (non-hydrogen) atoms. The van der Waals surface area contributed by atoms with Gasteiger partial charge < -0.3 is 14.3 Å². The van der Waals surface area contributed by atoms with Crippen molar-refractivity contribution in [1.29, 1.82) is 0 Å². The number of hydrogen-bond donors (Lipinski definition) is 0. The van der Waals surface area contributed by atoms with Crippen molar-refractivity contribution in [2.24, 2.45) is 4.99 Å². The largest absolute Gasteiger partial charge is 0.486 e. The first-order valence-electron chi connectivity index (χ1n) is 9.75. The molecule has 11 heteroatoms. The molecule has 3 rings (SSSR count). The van der Waals surface area contributed by atoms with Crippen molar-refractivity contribution >= 4 is 45.3 Å². The van der Waals surface area contributed by atoms with E-state index in [-0.39, 0.29) is 47.9 Å². The quantitative estimate of drug-likeness (QED) is 0.560. The Morgan fingerprint density at radius 3 is 2.52 bits per heavy atom. The topological polar surface area (TPSA) is 136 Å². The van der Waals surface area contributed by atoms with E-state index in [0.29, 0.717) is 16.3 Å². The summed E-state index contributed by atoms with van der Waals surface area (Å²) in [4.78, 5) is 51.2. The summed E-state index contributed by atoms with van der Waals surface area (Å²) in [6, 6.07) is 10.8. The van der Waals surface area contributed by atoms with Gasteiger partial charge >= 0.3 is 0 Å². The fourth-order valence-electron chi connectivity index (χ4n) is 3.12. The molecule has 1 aliphatic heterocycles. The molecule has 0 unspecified atom stereocenters. The number of rotatable bonds is 7. The van der Waals surface area contributed by atoms with Gasteiger partial charge in [-0.3, -0.25) is 14.4 Å². The maximum atomic E-state index is 13.0. The third-order valence-corrected chi connectivity index (χ3v) is 5.59. The second kappa shape index (κ2) is 9.74. The zero-order valence-electron chi connectivity index (χ0n) is 17.8. The number of hydrogen-bond acceptors (Lipinski definition) is 8. The van der Waals surface area contributed by atoms with E-state index in [1.54, 1.807) is 30.3 Å². The number of anilines is 1. The van der Waals surface area contributed by atoms with Gasteiger partial charge in [-0.1, -0.05) is 18.2 Å². The summed E-state index contributed by atoms with van der Waals surface area (Å²) in [7, 11) is -4.04. The molecule has 2 aromatic carbocycles. The van der Waals surface area contributed by atoms with Crippen LogP contribution in [-0.2, 0) is 24.4 Å². The van der Waals surface area contributed by atoms with Gasteiger partial charge in [0.1, 0.15) is 35.8 Å². The Morgan fingerprint density at radius 1 is 1.21 bits per heavy atom. The predicted molar refractivity (Wildman–Crippen MR) is 119 cm³/mol. The monoisotopic (exact) mass is 472 g/mol. The fourth-order valence-corrected chi connectivity index (χ4v) is 4.09. The molecular formula is C22H20N2O8S. The molecule has 0 spiro atoms. The third kappa shape index (κ3) is 5.50. The molecule has 0 atom stereocenters. The highest BCUT2D eigenvalue weighted by molar-refractivity contribution is 7.92. The number of ether oxygens (including phenoxy) is 2. The Morgan fingerprint density at radius 2 is 1.91 bits per heavy atom. The van der Waals surface area contributed by atoms with Gasteiger partial charge in [-0.05, 0) is 18.2 Å². The summed E-state index contributed by atoms with van der Waals surface area (Å²) >= 11 is 0. The van der Waals surface area contributed by atoms with Crippen LogP contribution in [0.4, 0.5) is 5.69 Å². The van der Waals surface area contributed by atoms with Gasteiger partial charge in [0.2, 0.25) is 27.6 Å². The summed E-state index contributed by atoms with van der Waals surface area (Å²) in [5.74, 6) is -1.81. The van der Waals surface area contributed by atoms with Crippen LogP contribution in [0.15, 0.2) is 47.5 Å². The molecule has 0 aromatic heterocycles. The molecule has 0 saturated carbocycles. The summed E-state index contributed by atoms with van der Waals surface area (Å²) < 4.78 is 36.6. The van der Waals surface area contributed by atoms with E-state index in [9.17, 15) is 27.6 Å². The Bertz CT molecular complexity index is 1250. The van der Waals surface area contributed by atoms with Crippen LogP contribution in [0.5, 0.6) is 17.2 Å². The van der Waals surface area contributed by atoms with Crippen molar-refractivity contribution in [2.45, 2.75) is 19.8 Å². The van der Waals surface area contributed by atoms with Gasteiger partial charge in [-0.2, -0.15) is 0 Å². The number of nitrogens with zero attached hydrogens (tertiary/aromatic N) is 2. The van der Waals surface area contributed by atoms with Gasteiger partial charge in [0.25, 0.3) is 0 Å². The van der Waals surface area contributed by atoms with Crippen molar-refractivity contribution in [3.8, 4) is 17.2 Å². The van der Waals surface area contributed by atoms with Crippen LogP contribution >= 0.6 is 0 Å². The number of ketones is 1. The second-order valence-electron chi connectivity index (χ2n) is 7.05. The van der Waals surface area contributed by atoms with Crippen LogP contribution < -0.4 is 13.8 Å². The normalized spacial score (nSPS) is 14.2. The summed E-state index contributed by atoms with van der Waals surface area (Å²) in [5, 5.41) is 0. The zero-order valence-corrected chi connectivity index (χ0v) is 18.6. The Hall–Kier alpha value is -3.86. The first-order valence-corrected chi connectivity index (χ1v) is 11.6. The maximum absolute atomic E-state index is 13.0. The van der Waals surface area contributed by atoms with E-state index in [4.69, 9.17) is 9.47 Å². The minimum atomic E-state index is -4.04. The number of aliphatic imine (C=N–C) groups is 1. The molecule has 0 saturated heterocycles. The fraction of sp³-hybridized carbons (Fsp3) is 0.227. The molecule has 2 aromatic rings. The van der Waals surface area contributed by atoms with Crippen molar-refractivity contribution in [2.75, 3.05) is 17.2 Å². The highest BCUT2D eigenvalue weighted by Crippen LogP contribution is 2.40. The average Bonchev–Trinajstić information content (AvgIpc) is 2.74. The van der Waals surface area contributed by atoms with Gasteiger partial charge in [0, 0.05) is 25.8 Å². The van der Waals surface area contributed by atoms with Crippen molar-refractivity contribution in [3.05, 3.63) is 48.0 Å². The maximum Gasteiger partial charge on any atom is 0.246 e. The number of fused-ring (bicyclic) bond motifs is 1. The SMILES string of the molecule is CC(=O)N(c1cc2c(cc1Oc1ccccc1)C(=O)C(=NC(=O)CCC=O)CO2)S(C)(=O)=O. The number of para-hydroxylation sites is 1. The lowest BCUT2D eigenvalue weighted by Crippen LogP contribution is -2.35. The molecular weight excluding hydrogens is 452 g/mol. The standard InChI is InChI=1S/C22H20N2O8S/c1-14(26)24(33(2,29)30)18-12-19-16(11-20(18)32-15-7-4-3-5-8-15)22(28)17(13-31-19)23-21(27)9-6-10-25/h3-5,7-8,10-12H,6,9,13H2,1-2H3. The van der Waals surface area contributed by atoms with Crippen LogP contribution in [0.2, 0.25) is 0 Å². The minimum Gasteiger partial charge on any atom is -0.486 e. The summed E-state index contributed by atoms with van der Waals surface area (Å²) in [6.07, 6.45) is 1.27. The molecule has 0 fully saturated rings. The van der Waals surface area contributed by atoms with E-state index >= 15 is 0 Å². The van der Waals surface area contributed by atoms with E-state index < -0.39 is 27.6 Å². The van der Waals surface area contributed by atoms with Gasteiger partial charge in [0.15, 0.2) is 5.75 Å². The summed E-state index contributed by atoms with van der Waals surface area (Å²) in [6.45, 7) is 0.741. The number of sulfonamides is 1. The molecule has 0 N–H and O–H groups in total. The smallest absolute Gasteiger partial charge is 0.246 e. The lowest BCUT2D eigenvalue weighted by Gasteiger charge is -2.25. The Balaban J connectivity index is 2.12. The number of carbonyl (C=O) groups excluding carboxylic acids is 4. The molecule has 10 nitrogen and oxygen atoms in total. The van der Waals surface area contributed by atoms with Gasteiger partial charge in [-0.15, -0.1) is 0 Å². The summed E-state index contributed by atoms with van der Waals surface area (Å²) in [5.41, 5.74) is -0.318. The minimum absolute atomic E-state index is 0.00426. The molecule has 2 amide bonds. The second-order valence-corrected chi connectivity index (χ2v) is 8.88. The average molecular weight is 472 g/mol. The molecule has 0 bridgehead atoms. The van der Waals surface area contributed by atoms with E-state index in [2.05, 4.69) is 4.99 Å². The Kier molecular flexibility index (Phi) is 7.02. The van der Waals surface area contributed by atoms with Crippen molar-refractivity contribution < 1.29 is 37.1 Å². The molecule has 1 heterocycles. The van der Waals surface area contributed by atoms with E-state index in [1.165, 1.54) is 12.1 Å². The molecule has 172 valence electrons. The lowest BCUT2D eigenvalue weighted by atomic mass is 10.0. The van der Waals surface area contributed by atoms with E-state index in [1.807, 2.05) is 0 Å². The van der Waals surface area contributed by atoms with Crippen LogP contribution in [-0.4, -0.2) is 50.9 Å². The number of Topliss-reactive ketones (excluding diaryl/α,β-unsaturated/α-hetero) is 1. The zero-order chi connectivity index (χ0) is 24.2.